The molecule has 176 valence electrons. The van der Waals surface area contributed by atoms with Crippen molar-refractivity contribution in [3.05, 3.63) is 102 Å². The highest BCUT2D eigenvalue weighted by atomic mass is 16.5. The number of anilines is 1. The van der Waals surface area contributed by atoms with Crippen molar-refractivity contribution in [1.29, 1.82) is 0 Å². The number of nitrogens with zero attached hydrogens (tertiary/aromatic N) is 2. The fourth-order valence-corrected chi connectivity index (χ4v) is 3.60. The van der Waals surface area contributed by atoms with Crippen molar-refractivity contribution in [2.45, 2.75) is 39.5 Å². The quantitative estimate of drug-likeness (QED) is 0.333. The number of ether oxygens (including phenoxy) is 2. The zero-order valence-electron chi connectivity index (χ0n) is 19.7. The topological polar surface area (TPSA) is 78.5 Å². The SMILES string of the molecule is CCOCn1cc(NC(=O)c2ccc(COc3ccc(C(C)(C)c4ccccc4)cc3)o2)cn1. The van der Waals surface area contributed by atoms with Crippen molar-refractivity contribution in [2.75, 3.05) is 11.9 Å². The summed E-state index contributed by atoms with van der Waals surface area (Å²) in [5, 5.41) is 6.90. The van der Waals surface area contributed by atoms with Crippen molar-refractivity contribution < 1.29 is 18.7 Å². The molecule has 1 N–H and O–H groups in total. The summed E-state index contributed by atoms with van der Waals surface area (Å²) in [6.45, 7) is 7.47. The molecule has 7 heteroatoms. The number of carbonyl (C=O) groups is 1. The van der Waals surface area contributed by atoms with Crippen LogP contribution in [-0.4, -0.2) is 22.3 Å². The lowest BCUT2D eigenvalue weighted by Crippen LogP contribution is -2.18. The van der Waals surface area contributed by atoms with E-state index in [4.69, 9.17) is 13.9 Å². The third kappa shape index (κ3) is 5.55. The molecule has 0 radical (unpaired) electrons. The number of hydrogen-bond donors (Lipinski definition) is 1. The molecule has 4 rings (SSSR count). The van der Waals surface area contributed by atoms with Crippen LogP contribution in [0.3, 0.4) is 0 Å². The standard InChI is InChI=1S/C27H29N3O4/c1-4-32-19-30-17-22(16-28-30)29-26(31)25-15-14-24(34-25)18-33-23-12-10-21(11-13-23)27(2,3)20-8-6-5-7-9-20/h5-17H,4,18-19H2,1-3H3,(H,29,31). The van der Waals surface area contributed by atoms with E-state index in [9.17, 15) is 4.79 Å². The molecular weight excluding hydrogens is 430 g/mol. The predicted molar refractivity (Wildman–Crippen MR) is 130 cm³/mol. The van der Waals surface area contributed by atoms with Crippen LogP contribution in [0.5, 0.6) is 5.75 Å². The first-order valence-electron chi connectivity index (χ1n) is 11.2. The average molecular weight is 460 g/mol. The van der Waals surface area contributed by atoms with Crippen LogP contribution >= 0.6 is 0 Å². The fourth-order valence-electron chi connectivity index (χ4n) is 3.60. The molecule has 2 aromatic heterocycles. The van der Waals surface area contributed by atoms with Gasteiger partial charge in [0.1, 0.15) is 24.8 Å². The molecule has 34 heavy (non-hydrogen) atoms. The van der Waals surface area contributed by atoms with Crippen molar-refractivity contribution >= 4 is 11.6 Å². The van der Waals surface area contributed by atoms with E-state index in [0.717, 1.165) is 5.75 Å². The van der Waals surface area contributed by atoms with Gasteiger partial charge in [-0.3, -0.25) is 4.79 Å². The summed E-state index contributed by atoms with van der Waals surface area (Å²) in [5.41, 5.74) is 2.92. The highest BCUT2D eigenvalue weighted by Gasteiger charge is 2.22. The lowest BCUT2D eigenvalue weighted by atomic mass is 9.78. The Bertz CT molecular complexity index is 1210. The number of carbonyl (C=O) groups excluding carboxylic acids is 1. The van der Waals surface area contributed by atoms with Gasteiger partial charge in [0, 0.05) is 12.0 Å². The number of aromatic nitrogens is 2. The molecule has 0 saturated carbocycles. The monoisotopic (exact) mass is 459 g/mol. The number of nitrogens with one attached hydrogen (secondary N) is 1. The lowest BCUT2D eigenvalue weighted by molar-refractivity contribution is 0.0792. The number of amides is 1. The van der Waals surface area contributed by atoms with E-state index in [1.807, 2.05) is 25.1 Å². The molecule has 0 unspecified atom stereocenters. The Kier molecular flexibility index (Phi) is 7.13. The van der Waals surface area contributed by atoms with Crippen LogP contribution in [0.1, 0.15) is 48.2 Å². The van der Waals surface area contributed by atoms with Gasteiger partial charge in [-0.1, -0.05) is 56.3 Å². The predicted octanol–water partition coefficient (Wildman–Crippen LogP) is 5.63. The molecule has 0 aliphatic carbocycles. The second-order valence-electron chi connectivity index (χ2n) is 8.41. The first kappa shape index (κ1) is 23.3. The van der Waals surface area contributed by atoms with E-state index in [1.54, 1.807) is 29.2 Å². The number of rotatable bonds is 10. The second-order valence-corrected chi connectivity index (χ2v) is 8.41. The van der Waals surface area contributed by atoms with Gasteiger partial charge in [-0.05, 0) is 42.3 Å². The van der Waals surface area contributed by atoms with E-state index in [0.29, 0.717) is 24.8 Å². The Morgan fingerprint density at radius 3 is 2.50 bits per heavy atom. The van der Waals surface area contributed by atoms with E-state index in [1.165, 1.54) is 11.1 Å². The van der Waals surface area contributed by atoms with Crippen LogP contribution < -0.4 is 10.1 Å². The maximum atomic E-state index is 12.5. The summed E-state index contributed by atoms with van der Waals surface area (Å²) in [7, 11) is 0. The molecule has 2 aromatic carbocycles. The summed E-state index contributed by atoms with van der Waals surface area (Å²) >= 11 is 0. The average Bonchev–Trinajstić information content (AvgIpc) is 3.52. The Morgan fingerprint density at radius 1 is 1.03 bits per heavy atom. The molecule has 4 aromatic rings. The minimum absolute atomic E-state index is 0.109. The van der Waals surface area contributed by atoms with Gasteiger partial charge in [-0.25, -0.2) is 4.68 Å². The lowest BCUT2D eigenvalue weighted by Gasteiger charge is -2.26. The first-order chi connectivity index (χ1) is 16.5. The zero-order valence-corrected chi connectivity index (χ0v) is 19.7. The van der Waals surface area contributed by atoms with Crippen molar-refractivity contribution in [1.82, 2.24) is 9.78 Å². The normalized spacial score (nSPS) is 11.4. The smallest absolute Gasteiger partial charge is 0.291 e. The molecule has 0 fully saturated rings. The molecule has 0 spiro atoms. The largest absolute Gasteiger partial charge is 0.486 e. The van der Waals surface area contributed by atoms with Crippen LogP contribution in [0.25, 0.3) is 0 Å². The van der Waals surface area contributed by atoms with Gasteiger partial charge in [0.15, 0.2) is 5.76 Å². The maximum absolute atomic E-state index is 12.5. The van der Waals surface area contributed by atoms with Gasteiger partial charge in [0.2, 0.25) is 0 Å². The molecular formula is C27H29N3O4. The van der Waals surface area contributed by atoms with Crippen molar-refractivity contribution in [3.8, 4) is 5.75 Å². The summed E-state index contributed by atoms with van der Waals surface area (Å²) in [6.07, 6.45) is 3.26. The minimum atomic E-state index is -0.352. The third-order valence-corrected chi connectivity index (χ3v) is 5.66. The highest BCUT2D eigenvalue weighted by Crippen LogP contribution is 2.32. The van der Waals surface area contributed by atoms with Crippen LogP contribution in [0.15, 0.2) is 83.5 Å². The third-order valence-electron chi connectivity index (χ3n) is 5.66. The van der Waals surface area contributed by atoms with Gasteiger partial charge in [-0.2, -0.15) is 5.10 Å². The molecule has 7 nitrogen and oxygen atoms in total. The van der Waals surface area contributed by atoms with Crippen LogP contribution in [0.4, 0.5) is 5.69 Å². The Hall–Kier alpha value is -3.84. The number of benzene rings is 2. The Balaban J connectivity index is 1.32. The summed E-state index contributed by atoms with van der Waals surface area (Å²) in [5.74, 6) is 1.15. The van der Waals surface area contributed by atoms with E-state index >= 15 is 0 Å². The molecule has 2 heterocycles. The van der Waals surface area contributed by atoms with Crippen molar-refractivity contribution in [3.63, 3.8) is 0 Å². The zero-order chi connectivity index (χ0) is 24.0. The second kappa shape index (κ2) is 10.4. The van der Waals surface area contributed by atoms with E-state index in [2.05, 4.69) is 60.7 Å². The Labute approximate surface area is 199 Å². The summed E-state index contributed by atoms with van der Waals surface area (Å²) < 4.78 is 18.4. The number of hydrogen-bond acceptors (Lipinski definition) is 5. The fraction of sp³-hybridized carbons (Fsp3) is 0.259. The van der Waals surface area contributed by atoms with Gasteiger partial charge in [-0.15, -0.1) is 0 Å². The van der Waals surface area contributed by atoms with Crippen LogP contribution in [-0.2, 0) is 23.5 Å². The van der Waals surface area contributed by atoms with Crippen LogP contribution in [0, 0.1) is 0 Å². The molecule has 1 amide bonds. The molecule has 0 saturated heterocycles. The first-order valence-corrected chi connectivity index (χ1v) is 11.2. The van der Waals surface area contributed by atoms with E-state index < -0.39 is 0 Å². The highest BCUT2D eigenvalue weighted by molar-refractivity contribution is 6.02. The summed E-state index contributed by atoms with van der Waals surface area (Å²) in [6, 6.07) is 21.9. The Morgan fingerprint density at radius 2 is 1.76 bits per heavy atom. The molecule has 0 aliphatic rings. The van der Waals surface area contributed by atoms with Gasteiger partial charge < -0.3 is 19.2 Å². The minimum Gasteiger partial charge on any atom is -0.486 e. The van der Waals surface area contributed by atoms with Gasteiger partial charge in [0.05, 0.1) is 18.1 Å². The van der Waals surface area contributed by atoms with E-state index in [-0.39, 0.29) is 23.7 Å². The van der Waals surface area contributed by atoms with Gasteiger partial charge in [0.25, 0.3) is 5.91 Å². The van der Waals surface area contributed by atoms with Gasteiger partial charge >= 0.3 is 0 Å². The van der Waals surface area contributed by atoms with Crippen LogP contribution in [0.2, 0.25) is 0 Å². The number of furan rings is 1. The molecule has 0 aliphatic heterocycles. The van der Waals surface area contributed by atoms with Crippen molar-refractivity contribution in [2.24, 2.45) is 0 Å². The molecule has 0 bridgehead atoms. The maximum Gasteiger partial charge on any atom is 0.291 e. The summed E-state index contributed by atoms with van der Waals surface area (Å²) in [4.78, 5) is 12.5. The molecule has 0 atom stereocenters.